The highest BCUT2D eigenvalue weighted by Crippen LogP contribution is 2.75. The smallest absolute Gasteiger partial charge is 0.322 e. The Morgan fingerprint density at radius 1 is 1.00 bits per heavy atom. The van der Waals surface area contributed by atoms with Crippen molar-refractivity contribution in [3.05, 3.63) is 0 Å². The Bertz CT molecular complexity index is 496. The van der Waals surface area contributed by atoms with Crippen LogP contribution in [0, 0.1) is 21.7 Å². The SMILES string of the molecule is C[C@]12CC3(CC(=O)O)CC([C@@H](Cl)C(=O)O)(C1)C[C@@](C)(C3)C2. The van der Waals surface area contributed by atoms with Gasteiger partial charge in [0.25, 0.3) is 0 Å². The van der Waals surface area contributed by atoms with Gasteiger partial charge in [0.1, 0.15) is 5.38 Å². The summed E-state index contributed by atoms with van der Waals surface area (Å²) in [6, 6.07) is 0. The number of carboxylic acids is 2. The second-order valence-electron chi connectivity index (χ2n) is 8.82. The zero-order valence-corrected chi connectivity index (χ0v) is 13.4. The van der Waals surface area contributed by atoms with E-state index in [0.717, 1.165) is 32.1 Å². The fourth-order valence-corrected chi connectivity index (χ4v) is 7.31. The molecule has 2 unspecified atom stereocenters. The lowest BCUT2D eigenvalue weighted by Crippen LogP contribution is -2.63. The van der Waals surface area contributed by atoms with E-state index in [2.05, 4.69) is 13.8 Å². The number of aliphatic carboxylic acids is 2. The van der Waals surface area contributed by atoms with E-state index in [1.807, 2.05) is 0 Å². The molecule has 0 aliphatic heterocycles. The Morgan fingerprint density at radius 2 is 1.52 bits per heavy atom. The number of halogens is 1. The zero-order chi connectivity index (χ0) is 15.7. The van der Waals surface area contributed by atoms with Gasteiger partial charge in [-0.05, 0) is 60.2 Å². The predicted molar refractivity (Wildman–Crippen MR) is 78.3 cm³/mol. The van der Waals surface area contributed by atoms with Gasteiger partial charge in [0, 0.05) is 0 Å². The number of rotatable bonds is 4. The van der Waals surface area contributed by atoms with E-state index in [-0.39, 0.29) is 22.7 Å². The highest BCUT2D eigenvalue weighted by atomic mass is 35.5. The van der Waals surface area contributed by atoms with Crippen molar-refractivity contribution in [1.82, 2.24) is 0 Å². The number of hydrogen-bond donors (Lipinski definition) is 2. The number of alkyl halides is 1. The van der Waals surface area contributed by atoms with Crippen molar-refractivity contribution >= 4 is 23.5 Å². The molecule has 0 aromatic heterocycles. The van der Waals surface area contributed by atoms with Crippen molar-refractivity contribution in [1.29, 1.82) is 0 Å². The summed E-state index contributed by atoms with van der Waals surface area (Å²) in [7, 11) is 0. The van der Waals surface area contributed by atoms with Crippen molar-refractivity contribution in [2.75, 3.05) is 0 Å². The lowest BCUT2D eigenvalue weighted by molar-refractivity contribution is -0.199. The van der Waals surface area contributed by atoms with E-state index in [1.165, 1.54) is 0 Å². The van der Waals surface area contributed by atoms with Gasteiger partial charge in [-0.25, -0.2) is 0 Å². The first-order chi connectivity index (χ1) is 9.51. The third-order valence-corrected chi connectivity index (χ3v) is 6.67. The van der Waals surface area contributed by atoms with Gasteiger partial charge in [-0.2, -0.15) is 0 Å². The van der Waals surface area contributed by atoms with Gasteiger partial charge in [0.15, 0.2) is 0 Å². The maximum Gasteiger partial charge on any atom is 0.322 e. The van der Waals surface area contributed by atoms with Crippen LogP contribution >= 0.6 is 11.6 Å². The molecule has 4 aliphatic carbocycles. The summed E-state index contributed by atoms with van der Waals surface area (Å²) in [6.07, 6.45) is 5.28. The van der Waals surface area contributed by atoms with Crippen LogP contribution in [0.3, 0.4) is 0 Å². The highest BCUT2D eigenvalue weighted by Gasteiger charge is 2.68. The molecule has 4 bridgehead atoms. The van der Waals surface area contributed by atoms with Crippen molar-refractivity contribution in [2.24, 2.45) is 21.7 Å². The van der Waals surface area contributed by atoms with Crippen LogP contribution in [-0.4, -0.2) is 27.5 Å². The van der Waals surface area contributed by atoms with Crippen molar-refractivity contribution in [3.8, 4) is 0 Å². The molecule has 0 aromatic carbocycles. The molecule has 0 radical (unpaired) electrons. The lowest BCUT2D eigenvalue weighted by atomic mass is 9.35. The van der Waals surface area contributed by atoms with E-state index in [4.69, 9.17) is 11.6 Å². The minimum absolute atomic E-state index is 0.0293. The van der Waals surface area contributed by atoms with Crippen LogP contribution in [0.5, 0.6) is 0 Å². The second kappa shape index (κ2) is 4.15. The van der Waals surface area contributed by atoms with Crippen LogP contribution in [-0.2, 0) is 9.59 Å². The minimum Gasteiger partial charge on any atom is -0.481 e. The Morgan fingerprint density at radius 3 is 1.95 bits per heavy atom. The highest BCUT2D eigenvalue weighted by molar-refractivity contribution is 6.30. The van der Waals surface area contributed by atoms with Crippen LogP contribution in [0.4, 0.5) is 0 Å². The largest absolute Gasteiger partial charge is 0.481 e. The molecule has 0 aromatic rings. The van der Waals surface area contributed by atoms with Gasteiger partial charge >= 0.3 is 11.9 Å². The Hall–Kier alpha value is -0.770. The third kappa shape index (κ3) is 2.26. The third-order valence-electron chi connectivity index (χ3n) is 6.02. The van der Waals surface area contributed by atoms with Crippen molar-refractivity contribution in [3.63, 3.8) is 0 Å². The molecular weight excluding hydrogens is 292 g/mol. The van der Waals surface area contributed by atoms with E-state index >= 15 is 0 Å². The van der Waals surface area contributed by atoms with E-state index < -0.39 is 22.7 Å². The first kappa shape index (κ1) is 15.1. The molecule has 0 amide bonds. The average Bonchev–Trinajstić information content (AvgIpc) is 2.20. The van der Waals surface area contributed by atoms with Crippen molar-refractivity contribution < 1.29 is 19.8 Å². The molecule has 4 fully saturated rings. The molecule has 5 heteroatoms. The summed E-state index contributed by atoms with van der Waals surface area (Å²) >= 11 is 6.31. The van der Waals surface area contributed by atoms with E-state index in [9.17, 15) is 19.8 Å². The summed E-state index contributed by atoms with van der Waals surface area (Å²) in [6.45, 7) is 4.39. The van der Waals surface area contributed by atoms with Crippen LogP contribution in [0.1, 0.15) is 58.8 Å². The number of hydrogen-bond acceptors (Lipinski definition) is 2. The maximum atomic E-state index is 11.5. The second-order valence-corrected chi connectivity index (χ2v) is 9.25. The fraction of sp³-hybridized carbons (Fsp3) is 0.875. The molecule has 4 rings (SSSR count). The van der Waals surface area contributed by atoms with Crippen LogP contribution in [0.15, 0.2) is 0 Å². The van der Waals surface area contributed by atoms with Crippen LogP contribution < -0.4 is 0 Å². The zero-order valence-electron chi connectivity index (χ0n) is 12.6. The van der Waals surface area contributed by atoms with Crippen LogP contribution in [0.2, 0.25) is 0 Å². The summed E-state index contributed by atoms with van der Waals surface area (Å²) in [5.41, 5.74) is -0.656. The molecule has 5 atom stereocenters. The summed E-state index contributed by atoms with van der Waals surface area (Å²) in [5, 5.41) is 17.8. The number of carboxylic acid groups (broad SMARTS) is 2. The fourth-order valence-electron chi connectivity index (χ4n) is 7.08. The van der Waals surface area contributed by atoms with Gasteiger partial charge in [-0.15, -0.1) is 11.6 Å². The Labute approximate surface area is 129 Å². The lowest BCUT2D eigenvalue weighted by Gasteiger charge is -2.70. The first-order valence-corrected chi connectivity index (χ1v) is 8.04. The molecule has 118 valence electrons. The van der Waals surface area contributed by atoms with Crippen molar-refractivity contribution in [2.45, 2.75) is 64.2 Å². The molecule has 4 saturated carbocycles. The van der Waals surface area contributed by atoms with Gasteiger partial charge in [-0.1, -0.05) is 13.8 Å². The normalized spacial score (nSPS) is 49.1. The summed E-state index contributed by atoms with van der Waals surface area (Å²) in [5.74, 6) is -1.74. The molecule has 2 N–H and O–H groups in total. The molecule has 0 heterocycles. The van der Waals surface area contributed by atoms with E-state index in [1.54, 1.807) is 0 Å². The van der Waals surface area contributed by atoms with Gasteiger partial charge in [0.05, 0.1) is 6.42 Å². The summed E-state index contributed by atoms with van der Waals surface area (Å²) in [4.78, 5) is 22.9. The number of carbonyl (C=O) groups is 2. The molecule has 0 saturated heterocycles. The molecule has 4 nitrogen and oxygen atoms in total. The first-order valence-electron chi connectivity index (χ1n) is 7.60. The topological polar surface area (TPSA) is 74.6 Å². The Balaban J connectivity index is 2.05. The predicted octanol–water partition coefficient (Wildman–Crippen LogP) is 3.52. The quantitative estimate of drug-likeness (QED) is 0.779. The maximum absolute atomic E-state index is 11.5. The van der Waals surface area contributed by atoms with Gasteiger partial charge < -0.3 is 10.2 Å². The molecular formula is C16H23ClO4. The van der Waals surface area contributed by atoms with Gasteiger partial charge in [0.2, 0.25) is 0 Å². The van der Waals surface area contributed by atoms with E-state index in [0.29, 0.717) is 6.42 Å². The standard InChI is InChI=1S/C16H23ClO4/c1-13-4-14(2)6-15(5-13,3-10(18)19)9-16(7-13,8-14)11(17)12(20)21/h11H,3-9H2,1-2H3,(H,18,19)(H,20,21)/t11-,13-,14+,15?,16?/m0/s1. The summed E-state index contributed by atoms with van der Waals surface area (Å²) < 4.78 is 0. The Kier molecular flexibility index (Phi) is 2.99. The average molecular weight is 315 g/mol. The monoisotopic (exact) mass is 314 g/mol. The van der Waals surface area contributed by atoms with Gasteiger partial charge in [-0.3, -0.25) is 9.59 Å². The van der Waals surface area contributed by atoms with Crippen LogP contribution in [0.25, 0.3) is 0 Å². The molecule has 4 aliphatic rings. The minimum atomic E-state index is -0.962. The molecule has 0 spiro atoms. The molecule has 21 heavy (non-hydrogen) atoms.